The molecule has 0 spiro atoms. The molecule has 58 heavy (non-hydrogen) atoms. The SMILES string of the molecule is C1CC1.CC.CCC.CCC.Cc1c(-c2cccc(-c3cc4ccccc4c4c3CCC=C4)c2)cccc1-c1cccc(-c2cc3ccccc3c3ccccc23)c1. The molecule has 0 bridgehead atoms. The summed E-state index contributed by atoms with van der Waals surface area (Å²) in [6.07, 6.45) is 13.8. The first-order chi connectivity index (χ1) is 28.6. The van der Waals surface area contributed by atoms with Crippen molar-refractivity contribution in [2.75, 3.05) is 0 Å². The van der Waals surface area contributed by atoms with E-state index < -0.39 is 0 Å². The van der Waals surface area contributed by atoms with Gasteiger partial charge in [0.05, 0.1) is 0 Å². The summed E-state index contributed by atoms with van der Waals surface area (Å²) in [6, 6.07) is 56.1. The van der Waals surface area contributed by atoms with E-state index in [2.05, 4.69) is 198 Å². The molecule has 0 atom stereocenters. The molecule has 1 fully saturated rings. The molecule has 0 nitrogen and oxygen atoms in total. The van der Waals surface area contributed by atoms with Gasteiger partial charge >= 0.3 is 0 Å². The molecule has 0 amide bonds. The van der Waals surface area contributed by atoms with Gasteiger partial charge in [0.15, 0.2) is 0 Å². The standard InChI is InChI=1S/C47H34.C3H6.2C3H8.C2H6/c1-31-38(32-15-10-17-34(27-32)46-29-36-13-2-4-19-40(36)42-21-6-8-23-44(42)46)25-12-26-39(31)33-16-11-18-35(28-33)47-30-37-14-3-5-20-41(37)43-22-7-9-24-45(43)47;1-2-3-1;2*1-3-2;1-2/h2-8,10-23,25-30H,9,24H2,1H3;1-3H2;2*3H2,1-2H3;1-2H3. The monoisotopic (exact) mass is 758 g/mol. The fourth-order valence-electron chi connectivity index (χ4n) is 7.83. The van der Waals surface area contributed by atoms with E-state index in [1.807, 2.05) is 13.8 Å². The van der Waals surface area contributed by atoms with Crippen LogP contribution in [0.2, 0.25) is 0 Å². The van der Waals surface area contributed by atoms with E-state index in [4.69, 9.17) is 0 Å². The first kappa shape index (κ1) is 41.9. The Labute approximate surface area is 349 Å². The molecule has 8 aromatic carbocycles. The van der Waals surface area contributed by atoms with E-state index in [-0.39, 0.29) is 0 Å². The highest BCUT2D eigenvalue weighted by molar-refractivity contribution is 6.14. The fourth-order valence-corrected chi connectivity index (χ4v) is 7.83. The minimum absolute atomic E-state index is 1.08. The smallest absolute Gasteiger partial charge is 0.00988 e. The molecular formula is C58H62. The number of rotatable bonds is 4. The molecule has 0 N–H and O–H groups in total. The van der Waals surface area contributed by atoms with Crippen LogP contribution in [0.3, 0.4) is 0 Å². The largest absolute Gasteiger partial charge is 0.0836 e. The maximum absolute atomic E-state index is 2.40. The highest BCUT2D eigenvalue weighted by Gasteiger charge is 2.17. The molecule has 0 unspecified atom stereocenters. The van der Waals surface area contributed by atoms with E-state index in [1.54, 1.807) is 0 Å². The normalized spacial score (nSPS) is 12.1. The Kier molecular flexibility index (Phi) is 14.9. The van der Waals surface area contributed by atoms with Crippen molar-refractivity contribution in [1.29, 1.82) is 0 Å². The highest BCUT2D eigenvalue weighted by atomic mass is 14.2. The predicted octanol–water partition coefficient (Wildman–Crippen LogP) is 18.1. The molecule has 2 aliphatic carbocycles. The van der Waals surface area contributed by atoms with Gasteiger partial charge in [0.1, 0.15) is 0 Å². The maximum atomic E-state index is 2.40. The molecule has 0 heteroatoms. The predicted molar refractivity (Wildman–Crippen MR) is 260 cm³/mol. The summed E-state index contributed by atoms with van der Waals surface area (Å²) in [5, 5.41) is 7.81. The molecule has 0 aliphatic heterocycles. The Bertz CT molecular complexity index is 2610. The Balaban J connectivity index is 0.000000463. The Morgan fingerprint density at radius 3 is 1.41 bits per heavy atom. The minimum Gasteiger partial charge on any atom is -0.0836 e. The molecule has 1 saturated carbocycles. The van der Waals surface area contributed by atoms with Gasteiger partial charge < -0.3 is 0 Å². The third kappa shape index (κ3) is 9.52. The van der Waals surface area contributed by atoms with Crippen LogP contribution in [0.5, 0.6) is 0 Å². The number of fused-ring (bicyclic) bond motifs is 6. The van der Waals surface area contributed by atoms with Crippen molar-refractivity contribution in [2.45, 2.75) is 93.4 Å². The van der Waals surface area contributed by atoms with Crippen LogP contribution in [0.25, 0.3) is 82.9 Å². The van der Waals surface area contributed by atoms with Crippen LogP contribution in [0, 0.1) is 6.92 Å². The van der Waals surface area contributed by atoms with Crippen molar-refractivity contribution in [2.24, 2.45) is 0 Å². The molecule has 0 radical (unpaired) electrons. The number of hydrogen-bond donors (Lipinski definition) is 0. The number of allylic oxidation sites excluding steroid dienone is 1. The third-order valence-corrected chi connectivity index (χ3v) is 10.5. The lowest BCUT2D eigenvalue weighted by atomic mass is 9.84. The first-order valence-electron chi connectivity index (χ1n) is 22.0. The molecule has 294 valence electrons. The van der Waals surface area contributed by atoms with Crippen molar-refractivity contribution in [3.05, 3.63) is 174 Å². The van der Waals surface area contributed by atoms with E-state index in [9.17, 15) is 0 Å². The van der Waals surface area contributed by atoms with Crippen LogP contribution in [0.15, 0.2) is 158 Å². The van der Waals surface area contributed by atoms with Crippen molar-refractivity contribution >= 4 is 38.4 Å². The second-order valence-corrected chi connectivity index (χ2v) is 15.3. The zero-order valence-corrected chi connectivity index (χ0v) is 36.0. The van der Waals surface area contributed by atoms with Crippen molar-refractivity contribution in [3.8, 4) is 44.5 Å². The van der Waals surface area contributed by atoms with Crippen LogP contribution in [-0.2, 0) is 6.42 Å². The molecule has 0 saturated heterocycles. The lowest BCUT2D eigenvalue weighted by Gasteiger charge is -2.20. The summed E-state index contributed by atoms with van der Waals surface area (Å²) in [4.78, 5) is 0. The first-order valence-corrected chi connectivity index (χ1v) is 22.0. The fraction of sp³-hybridized carbons (Fsp3) is 0.241. The number of hydrogen-bond acceptors (Lipinski definition) is 0. The summed E-state index contributed by atoms with van der Waals surface area (Å²) < 4.78 is 0. The van der Waals surface area contributed by atoms with Gasteiger partial charge in [-0.2, -0.15) is 0 Å². The van der Waals surface area contributed by atoms with E-state index in [0.29, 0.717) is 0 Å². The Morgan fingerprint density at radius 1 is 0.414 bits per heavy atom. The van der Waals surface area contributed by atoms with Gasteiger partial charge in [-0.3, -0.25) is 0 Å². The lowest BCUT2D eigenvalue weighted by Crippen LogP contribution is -1.99. The zero-order valence-electron chi connectivity index (χ0n) is 36.0. The second kappa shape index (κ2) is 20.6. The van der Waals surface area contributed by atoms with E-state index in [1.165, 1.54) is 126 Å². The summed E-state index contributed by atoms with van der Waals surface area (Å²) in [5.41, 5.74) is 14.4. The zero-order chi connectivity index (χ0) is 40.9. The summed E-state index contributed by atoms with van der Waals surface area (Å²) in [5.74, 6) is 0. The van der Waals surface area contributed by atoms with Gasteiger partial charge in [-0.1, -0.05) is 213 Å². The Hall–Kier alpha value is -5.72. The molecule has 0 aromatic heterocycles. The van der Waals surface area contributed by atoms with Crippen LogP contribution >= 0.6 is 0 Å². The molecule has 2 aliphatic rings. The van der Waals surface area contributed by atoms with Gasteiger partial charge in [0.25, 0.3) is 0 Å². The van der Waals surface area contributed by atoms with Crippen molar-refractivity contribution < 1.29 is 0 Å². The highest BCUT2D eigenvalue weighted by Crippen LogP contribution is 2.41. The van der Waals surface area contributed by atoms with E-state index in [0.717, 1.165) is 12.8 Å². The van der Waals surface area contributed by atoms with Crippen LogP contribution in [0.1, 0.15) is 96.8 Å². The topological polar surface area (TPSA) is 0 Å². The van der Waals surface area contributed by atoms with Crippen molar-refractivity contribution in [1.82, 2.24) is 0 Å². The molecular weight excluding hydrogens is 697 g/mol. The molecule has 10 rings (SSSR count). The maximum Gasteiger partial charge on any atom is -0.00988 e. The summed E-state index contributed by atoms with van der Waals surface area (Å²) >= 11 is 0. The quantitative estimate of drug-likeness (QED) is 0.157. The molecule has 0 heterocycles. The van der Waals surface area contributed by atoms with Gasteiger partial charge in [-0.15, -0.1) is 0 Å². The van der Waals surface area contributed by atoms with Gasteiger partial charge in [-0.05, 0) is 138 Å². The second-order valence-electron chi connectivity index (χ2n) is 15.3. The van der Waals surface area contributed by atoms with Crippen LogP contribution in [-0.4, -0.2) is 0 Å². The lowest BCUT2D eigenvalue weighted by molar-refractivity contribution is 0.992. The number of benzene rings is 8. The van der Waals surface area contributed by atoms with Crippen LogP contribution in [0.4, 0.5) is 0 Å². The van der Waals surface area contributed by atoms with Gasteiger partial charge in [0.2, 0.25) is 0 Å². The average Bonchev–Trinajstić information content (AvgIpc) is 4.18. The average molecular weight is 759 g/mol. The van der Waals surface area contributed by atoms with Gasteiger partial charge in [0, 0.05) is 0 Å². The minimum atomic E-state index is 1.08. The summed E-state index contributed by atoms with van der Waals surface area (Å²) in [7, 11) is 0. The van der Waals surface area contributed by atoms with Gasteiger partial charge in [-0.25, -0.2) is 0 Å². The van der Waals surface area contributed by atoms with Crippen LogP contribution < -0.4 is 0 Å². The molecule has 8 aromatic rings. The Morgan fingerprint density at radius 2 is 0.845 bits per heavy atom. The summed E-state index contributed by atoms with van der Waals surface area (Å²) in [6.45, 7) is 14.8. The van der Waals surface area contributed by atoms with E-state index >= 15 is 0 Å². The van der Waals surface area contributed by atoms with Crippen molar-refractivity contribution in [3.63, 3.8) is 0 Å². The third-order valence-electron chi connectivity index (χ3n) is 10.5.